The second-order valence-electron chi connectivity index (χ2n) is 4.05. The second kappa shape index (κ2) is 4.38. The van der Waals surface area contributed by atoms with Gasteiger partial charge in [0, 0.05) is 5.02 Å². The van der Waals surface area contributed by atoms with E-state index >= 15 is 0 Å². The maximum Gasteiger partial charge on any atom is 0.141 e. The molecule has 0 amide bonds. The van der Waals surface area contributed by atoms with E-state index in [-0.39, 0.29) is 0 Å². The average molecular weight is 272 g/mol. The van der Waals surface area contributed by atoms with Crippen LogP contribution in [0.2, 0.25) is 5.02 Å². The molecule has 0 aliphatic heterocycles. The Kier molecular flexibility index (Phi) is 2.69. The van der Waals surface area contributed by atoms with E-state index in [1.165, 1.54) is 18.2 Å². The summed E-state index contributed by atoms with van der Waals surface area (Å²) in [6.45, 7) is 0. The molecule has 0 aliphatic rings. The summed E-state index contributed by atoms with van der Waals surface area (Å²) in [4.78, 5) is 7.29. The summed E-state index contributed by atoms with van der Waals surface area (Å²) in [6, 6.07) is 11.4. The molecule has 0 spiro atoms. The number of rotatable bonds is 1. The number of fused-ring (bicyclic) bond motifs is 1. The van der Waals surface area contributed by atoms with Crippen LogP contribution < -0.4 is 0 Å². The van der Waals surface area contributed by atoms with Crippen LogP contribution in [-0.2, 0) is 0 Å². The number of benzene rings is 2. The van der Waals surface area contributed by atoms with E-state index in [9.17, 15) is 4.39 Å². The van der Waals surface area contributed by atoms with Crippen molar-refractivity contribution >= 4 is 22.6 Å². The van der Waals surface area contributed by atoms with Crippen LogP contribution in [0.5, 0.6) is 0 Å². The number of imidazole rings is 1. The number of nitrogens with one attached hydrogen (secondary N) is 1. The average Bonchev–Trinajstić information content (AvgIpc) is 2.83. The number of nitrogens with zero attached hydrogens (tertiary/aromatic N) is 2. The highest BCUT2D eigenvalue weighted by atomic mass is 35.5. The quantitative estimate of drug-likeness (QED) is 0.730. The lowest BCUT2D eigenvalue weighted by Crippen LogP contribution is -1.86. The lowest BCUT2D eigenvalue weighted by atomic mass is 10.2. The third kappa shape index (κ3) is 2.05. The molecule has 1 aromatic heterocycles. The molecule has 2 aromatic carbocycles. The van der Waals surface area contributed by atoms with Crippen molar-refractivity contribution in [1.82, 2.24) is 9.97 Å². The highest BCUT2D eigenvalue weighted by Crippen LogP contribution is 2.26. The van der Waals surface area contributed by atoms with Crippen LogP contribution in [0, 0.1) is 17.1 Å². The minimum Gasteiger partial charge on any atom is -0.338 e. The van der Waals surface area contributed by atoms with Gasteiger partial charge in [-0.15, -0.1) is 0 Å². The van der Waals surface area contributed by atoms with Gasteiger partial charge in [0.1, 0.15) is 11.6 Å². The number of hydrogen-bond donors (Lipinski definition) is 1. The van der Waals surface area contributed by atoms with E-state index in [2.05, 4.69) is 9.97 Å². The van der Waals surface area contributed by atoms with Crippen LogP contribution in [0.1, 0.15) is 5.56 Å². The van der Waals surface area contributed by atoms with Gasteiger partial charge >= 0.3 is 0 Å². The minimum absolute atomic E-state index is 0.308. The molecule has 92 valence electrons. The topological polar surface area (TPSA) is 52.5 Å². The molecular formula is C14H7ClFN3. The van der Waals surface area contributed by atoms with Gasteiger partial charge in [0.2, 0.25) is 0 Å². The Bertz CT molecular complexity index is 817. The van der Waals surface area contributed by atoms with Gasteiger partial charge in [-0.3, -0.25) is 0 Å². The monoisotopic (exact) mass is 271 g/mol. The molecule has 19 heavy (non-hydrogen) atoms. The summed E-state index contributed by atoms with van der Waals surface area (Å²) in [5.41, 5.74) is 2.19. The Morgan fingerprint density at radius 2 is 2.05 bits per heavy atom. The van der Waals surface area contributed by atoms with E-state index < -0.39 is 5.82 Å². The first kappa shape index (κ1) is 11.7. The van der Waals surface area contributed by atoms with Crippen molar-refractivity contribution in [2.45, 2.75) is 0 Å². The first-order valence-corrected chi connectivity index (χ1v) is 5.90. The van der Waals surface area contributed by atoms with Gasteiger partial charge in [-0.2, -0.15) is 5.26 Å². The molecule has 0 saturated carbocycles. The Morgan fingerprint density at radius 1 is 1.21 bits per heavy atom. The van der Waals surface area contributed by atoms with Crippen molar-refractivity contribution in [3.8, 4) is 17.5 Å². The van der Waals surface area contributed by atoms with Crippen LogP contribution in [-0.4, -0.2) is 9.97 Å². The maximum atomic E-state index is 13.8. The van der Waals surface area contributed by atoms with E-state index in [0.717, 1.165) is 0 Å². The Morgan fingerprint density at radius 3 is 2.84 bits per heavy atom. The first-order valence-electron chi connectivity index (χ1n) is 5.52. The van der Waals surface area contributed by atoms with Gasteiger partial charge < -0.3 is 4.98 Å². The fourth-order valence-electron chi connectivity index (χ4n) is 1.89. The molecule has 3 nitrogen and oxygen atoms in total. The molecule has 1 heterocycles. The van der Waals surface area contributed by atoms with Gasteiger partial charge in [-0.05, 0) is 36.4 Å². The van der Waals surface area contributed by atoms with Gasteiger partial charge in [0.05, 0.1) is 28.2 Å². The van der Waals surface area contributed by atoms with E-state index in [1.54, 1.807) is 18.2 Å². The number of nitriles is 1. The molecule has 3 aromatic rings. The fourth-order valence-corrected chi connectivity index (χ4v) is 2.06. The molecule has 0 radical (unpaired) electrons. The maximum absolute atomic E-state index is 13.8. The zero-order chi connectivity index (χ0) is 13.4. The third-order valence-electron chi connectivity index (χ3n) is 2.79. The Labute approximate surface area is 113 Å². The molecular weight excluding hydrogens is 265 g/mol. The van der Waals surface area contributed by atoms with Crippen molar-refractivity contribution in [3.05, 3.63) is 52.8 Å². The zero-order valence-electron chi connectivity index (χ0n) is 9.61. The lowest BCUT2D eigenvalue weighted by Gasteiger charge is -1.99. The van der Waals surface area contributed by atoms with Crippen molar-refractivity contribution in [3.63, 3.8) is 0 Å². The lowest BCUT2D eigenvalue weighted by molar-refractivity contribution is 0.630. The van der Waals surface area contributed by atoms with Gasteiger partial charge in [-0.1, -0.05) is 11.6 Å². The zero-order valence-corrected chi connectivity index (χ0v) is 10.4. The Hall–Kier alpha value is -2.38. The van der Waals surface area contributed by atoms with E-state index in [4.69, 9.17) is 16.9 Å². The van der Waals surface area contributed by atoms with Gasteiger partial charge in [0.25, 0.3) is 0 Å². The molecule has 1 N–H and O–H groups in total. The van der Waals surface area contributed by atoms with Crippen molar-refractivity contribution < 1.29 is 4.39 Å². The third-order valence-corrected chi connectivity index (χ3v) is 3.03. The van der Waals surface area contributed by atoms with Crippen molar-refractivity contribution in [1.29, 1.82) is 5.26 Å². The largest absolute Gasteiger partial charge is 0.338 e. The summed E-state index contributed by atoms with van der Waals surface area (Å²) in [5, 5.41) is 9.28. The fraction of sp³-hybridized carbons (Fsp3) is 0. The summed E-state index contributed by atoms with van der Waals surface area (Å²) >= 11 is 5.86. The van der Waals surface area contributed by atoms with E-state index in [0.29, 0.717) is 33.0 Å². The Balaban J connectivity index is 2.21. The van der Waals surface area contributed by atoms with Crippen LogP contribution in [0.15, 0.2) is 36.4 Å². The number of hydrogen-bond acceptors (Lipinski definition) is 2. The highest BCUT2D eigenvalue weighted by Gasteiger charge is 2.11. The first-order chi connectivity index (χ1) is 9.17. The normalized spacial score (nSPS) is 10.6. The van der Waals surface area contributed by atoms with Crippen LogP contribution in [0.25, 0.3) is 22.4 Å². The van der Waals surface area contributed by atoms with Gasteiger partial charge in [-0.25, -0.2) is 9.37 Å². The van der Waals surface area contributed by atoms with Crippen LogP contribution >= 0.6 is 11.6 Å². The van der Waals surface area contributed by atoms with Gasteiger partial charge in [0.15, 0.2) is 0 Å². The predicted octanol–water partition coefficient (Wildman–Crippen LogP) is 3.89. The number of halogens is 2. The minimum atomic E-state index is -0.399. The van der Waals surface area contributed by atoms with Crippen LogP contribution in [0.4, 0.5) is 4.39 Å². The molecule has 3 rings (SSSR count). The van der Waals surface area contributed by atoms with Crippen molar-refractivity contribution in [2.24, 2.45) is 0 Å². The second-order valence-corrected chi connectivity index (χ2v) is 4.49. The van der Waals surface area contributed by atoms with Crippen LogP contribution in [0.3, 0.4) is 0 Å². The molecule has 0 fully saturated rings. The molecule has 0 saturated heterocycles. The highest BCUT2D eigenvalue weighted by molar-refractivity contribution is 6.30. The van der Waals surface area contributed by atoms with E-state index in [1.807, 2.05) is 6.07 Å². The molecule has 0 bridgehead atoms. The summed E-state index contributed by atoms with van der Waals surface area (Å²) in [5.74, 6) is -0.00551. The van der Waals surface area contributed by atoms with Crippen molar-refractivity contribution in [2.75, 3.05) is 0 Å². The summed E-state index contributed by atoms with van der Waals surface area (Å²) < 4.78 is 13.8. The SMILES string of the molecule is N#Cc1ccc2nc(-c3cc(Cl)ccc3F)[nH]c2c1. The molecule has 0 atom stereocenters. The molecule has 0 aliphatic carbocycles. The number of H-pyrrole nitrogens is 1. The molecule has 5 heteroatoms. The predicted molar refractivity (Wildman–Crippen MR) is 71.2 cm³/mol. The summed E-state index contributed by atoms with van der Waals surface area (Å²) in [7, 11) is 0. The summed E-state index contributed by atoms with van der Waals surface area (Å²) in [6.07, 6.45) is 0. The number of aromatic amines is 1. The standard InChI is InChI=1S/C14H7ClFN3/c15-9-2-3-11(16)10(6-9)14-18-12-4-1-8(7-17)5-13(12)19-14/h1-6H,(H,18,19). The smallest absolute Gasteiger partial charge is 0.141 e. The molecule has 0 unspecified atom stereocenters. The number of aromatic nitrogens is 2.